The van der Waals surface area contributed by atoms with Gasteiger partial charge >= 0.3 is 0 Å². The third kappa shape index (κ3) is 5.68. The Balaban J connectivity index is 1.51. The van der Waals surface area contributed by atoms with Gasteiger partial charge in [-0.1, -0.05) is 18.2 Å². The number of hydrogen-bond acceptors (Lipinski definition) is 4. The smallest absolute Gasteiger partial charge is 0.248 e. The van der Waals surface area contributed by atoms with E-state index in [4.69, 9.17) is 5.73 Å². The first-order chi connectivity index (χ1) is 19.2. The van der Waals surface area contributed by atoms with Gasteiger partial charge < -0.3 is 11.1 Å². The number of rotatable bonds is 8. The SMILES string of the molecule is NC(=O)c1cccc(-c2cccnc2[C@H](Cc2cc(F)cc(F)c2)NC(=O)Cn2ncc3cc(F)c(F)cc32)c1. The molecular weight excluding hydrogens is 526 g/mol. The summed E-state index contributed by atoms with van der Waals surface area (Å²) in [6.07, 6.45) is 2.76. The quantitative estimate of drug-likeness (QED) is 0.271. The van der Waals surface area contributed by atoms with Crippen molar-refractivity contribution in [2.24, 2.45) is 5.73 Å². The van der Waals surface area contributed by atoms with Gasteiger partial charge in [-0.15, -0.1) is 0 Å². The molecule has 0 bridgehead atoms. The van der Waals surface area contributed by atoms with Crippen LogP contribution in [0.1, 0.15) is 27.7 Å². The van der Waals surface area contributed by atoms with Gasteiger partial charge in [0.1, 0.15) is 18.2 Å². The van der Waals surface area contributed by atoms with E-state index in [2.05, 4.69) is 15.4 Å². The van der Waals surface area contributed by atoms with Crippen LogP contribution in [-0.4, -0.2) is 26.6 Å². The van der Waals surface area contributed by atoms with Gasteiger partial charge in [0.25, 0.3) is 0 Å². The van der Waals surface area contributed by atoms with Gasteiger partial charge in [-0.3, -0.25) is 19.3 Å². The summed E-state index contributed by atoms with van der Waals surface area (Å²) < 4.78 is 56.7. The van der Waals surface area contributed by atoms with E-state index >= 15 is 0 Å². The van der Waals surface area contributed by atoms with Gasteiger partial charge in [-0.05, 0) is 53.9 Å². The maximum Gasteiger partial charge on any atom is 0.248 e. The van der Waals surface area contributed by atoms with Crippen LogP contribution in [0.5, 0.6) is 0 Å². The molecule has 0 aliphatic carbocycles. The summed E-state index contributed by atoms with van der Waals surface area (Å²) in [6, 6.07) is 14.0. The maximum absolute atomic E-state index is 14.0. The molecule has 0 spiro atoms. The van der Waals surface area contributed by atoms with Gasteiger partial charge in [-0.2, -0.15) is 5.10 Å². The molecule has 2 aromatic heterocycles. The Morgan fingerprint density at radius 1 is 0.925 bits per heavy atom. The highest BCUT2D eigenvalue weighted by molar-refractivity contribution is 5.94. The summed E-state index contributed by atoms with van der Waals surface area (Å²) in [4.78, 5) is 29.5. The van der Waals surface area contributed by atoms with Crippen molar-refractivity contribution >= 4 is 22.7 Å². The molecule has 0 saturated heterocycles. The Bertz CT molecular complexity index is 1730. The predicted octanol–water partition coefficient (Wildman–Crippen LogP) is 4.85. The zero-order valence-corrected chi connectivity index (χ0v) is 20.7. The lowest BCUT2D eigenvalue weighted by Gasteiger charge is -2.22. The number of aromatic nitrogens is 3. The molecule has 2 heterocycles. The average molecular weight is 548 g/mol. The van der Waals surface area contributed by atoms with Crippen molar-refractivity contribution in [1.82, 2.24) is 20.1 Å². The molecule has 0 radical (unpaired) electrons. The van der Waals surface area contributed by atoms with E-state index in [0.29, 0.717) is 22.2 Å². The largest absolute Gasteiger partial charge is 0.366 e. The van der Waals surface area contributed by atoms with Crippen molar-refractivity contribution in [2.45, 2.75) is 19.0 Å². The number of nitrogens with one attached hydrogen (secondary N) is 1. The molecule has 5 aromatic rings. The standard InChI is InChI=1S/C29H21F4N5O2/c30-20-7-16(8-21(31)12-20)9-25(28-22(5-2-6-35-28)17-3-1-4-18(10-17)29(34)40)37-27(39)15-38-26-13-24(33)23(32)11-19(26)14-36-38/h1-8,10-14,25H,9,15H2,(H2,34,40)(H,37,39)/t25-/m0/s1. The van der Waals surface area contributed by atoms with E-state index in [-0.39, 0.29) is 29.6 Å². The molecule has 7 nitrogen and oxygen atoms in total. The van der Waals surface area contributed by atoms with E-state index in [1.165, 1.54) is 17.1 Å². The summed E-state index contributed by atoms with van der Waals surface area (Å²) in [5, 5.41) is 7.20. The van der Waals surface area contributed by atoms with Gasteiger partial charge in [0.05, 0.1) is 23.4 Å². The lowest BCUT2D eigenvalue weighted by Crippen LogP contribution is -2.34. The van der Waals surface area contributed by atoms with Crippen LogP contribution in [0.3, 0.4) is 0 Å². The van der Waals surface area contributed by atoms with E-state index in [1.54, 1.807) is 36.4 Å². The molecule has 3 aromatic carbocycles. The zero-order chi connectivity index (χ0) is 28.4. The molecule has 202 valence electrons. The Morgan fingerprint density at radius 2 is 1.68 bits per heavy atom. The number of carbonyl (C=O) groups excluding carboxylic acids is 2. The molecule has 0 fully saturated rings. The first-order valence-electron chi connectivity index (χ1n) is 12.1. The highest BCUT2D eigenvalue weighted by Gasteiger charge is 2.23. The fraction of sp³-hybridized carbons (Fsp3) is 0.103. The van der Waals surface area contributed by atoms with Crippen LogP contribution in [-0.2, 0) is 17.8 Å². The predicted molar refractivity (Wildman–Crippen MR) is 139 cm³/mol. The molecule has 0 unspecified atom stereocenters. The number of benzene rings is 3. The molecule has 0 aliphatic heterocycles. The number of nitrogens with zero attached hydrogens (tertiary/aromatic N) is 3. The number of halogens is 4. The Morgan fingerprint density at radius 3 is 2.42 bits per heavy atom. The molecule has 0 aliphatic rings. The summed E-state index contributed by atoms with van der Waals surface area (Å²) in [6.45, 7) is -0.359. The van der Waals surface area contributed by atoms with Crippen molar-refractivity contribution in [3.05, 3.63) is 119 Å². The molecule has 2 amide bonds. The maximum atomic E-state index is 14.0. The summed E-state index contributed by atoms with van der Waals surface area (Å²) in [7, 11) is 0. The van der Waals surface area contributed by atoms with Crippen LogP contribution in [0.15, 0.2) is 79.1 Å². The highest BCUT2D eigenvalue weighted by Crippen LogP contribution is 2.30. The molecule has 11 heteroatoms. The molecule has 1 atom stereocenters. The van der Waals surface area contributed by atoms with Crippen LogP contribution in [0.4, 0.5) is 17.6 Å². The Kier molecular flexibility index (Phi) is 7.28. The van der Waals surface area contributed by atoms with E-state index < -0.39 is 41.1 Å². The van der Waals surface area contributed by atoms with Crippen molar-refractivity contribution in [3.63, 3.8) is 0 Å². The van der Waals surface area contributed by atoms with Crippen molar-refractivity contribution in [2.75, 3.05) is 0 Å². The van der Waals surface area contributed by atoms with Crippen LogP contribution in [0.25, 0.3) is 22.0 Å². The Labute approximate surface area is 225 Å². The minimum atomic E-state index is -1.09. The van der Waals surface area contributed by atoms with E-state index in [1.807, 2.05) is 0 Å². The van der Waals surface area contributed by atoms with Crippen molar-refractivity contribution in [3.8, 4) is 11.1 Å². The lowest BCUT2D eigenvalue weighted by molar-refractivity contribution is -0.122. The molecule has 40 heavy (non-hydrogen) atoms. The van der Waals surface area contributed by atoms with Crippen LogP contribution >= 0.6 is 0 Å². The van der Waals surface area contributed by atoms with Crippen molar-refractivity contribution < 1.29 is 27.2 Å². The number of carbonyl (C=O) groups is 2. The molecule has 3 N–H and O–H groups in total. The van der Waals surface area contributed by atoms with E-state index in [0.717, 1.165) is 30.3 Å². The number of hydrogen-bond donors (Lipinski definition) is 2. The summed E-state index contributed by atoms with van der Waals surface area (Å²) >= 11 is 0. The fourth-order valence-electron chi connectivity index (χ4n) is 4.53. The van der Waals surface area contributed by atoms with Crippen molar-refractivity contribution in [1.29, 1.82) is 0 Å². The van der Waals surface area contributed by atoms with Gasteiger partial charge in [0.15, 0.2) is 11.6 Å². The monoisotopic (exact) mass is 547 g/mol. The molecule has 0 saturated carbocycles. The van der Waals surface area contributed by atoms with Crippen LogP contribution in [0, 0.1) is 23.3 Å². The second-order valence-corrected chi connectivity index (χ2v) is 9.11. The third-order valence-electron chi connectivity index (χ3n) is 6.30. The third-order valence-corrected chi connectivity index (χ3v) is 6.30. The number of primary amides is 1. The summed E-state index contributed by atoms with van der Waals surface area (Å²) in [5.41, 5.74) is 7.66. The zero-order valence-electron chi connectivity index (χ0n) is 20.7. The normalized spacial score (nSPS) is 11.9. The lowest BCUT2D eigenvalue weighted by atomic mass is 9.94. The topological polar surface area (TPSA) is 103 Å². The number of fused-ring (bicyclic) bond motifs is 1. The first kappa shape index (κ1) is 26.5. The Hall–Kier alpha value is -5.06. The number of nitrogens with two attached hydrogens (primary N) is 1. The second kappa shape index (κ2) is 11.0. The van der Waals surface area contributed by atoms with Gasteiger partial charge in [-0.25, -0.2) is 17.6 Å². The second-order valence-electron chi connectivity index (χ2n) is 9.11. The molecular formula is C29H21F4N5O2. The summed E-state index contributed by atoms with van der Waals surface area (Å²) in [5.74, 6) is -4.89. The minimum Gasteiger partial charge on any atom is -0.366 e. The minimum absolute atomic E-state index is 0.0420. The van der Waals surface area contributed by atoms with Crippen LogP contribution < -0.4 is 11.1 Å². The highest BCUT2D eigenvalue weighted by atomic mass is 19.2. The van der Waals surface area contributed by atoms with Crippen LogP contribution in [0.2, 0.25) is 0 Å². The first-order valence-corrected chi connectivity index (χ1v) is 12.1. The molecule has 5 rings (SSSR count). The number of pyridine rings is 1. The van der Waals surface area contributed by atoms with Gasteiger partial charge in [0, 0.05) is 34.8 Å². The van der Waals surface area contributed by atoms with E-state index in [9.17, 15) is 27.2 Å². The average Bonchev–Trinajstić information content (AvgIpc) is 3.28. The number of amides is 2. The fourth-order valence-corrected chi connectivity index (χ4v) is 4.53. The van der Waals surface area contributed by atoms with Gasteiger partial charge in [0.2, 0.25) is 11.8 Å².